The zero-order valence-corrected chi connectivity index (χ0v) is 17.2. The standard InChI is InChI=1S/C16H15N3.C5H11N.Pt/c1-3-7-14(8-4-1)11-16-17-13-19(18-16)12-15-9-5-2-6-10-15;6-5-3-1-2-4-5;/h1-10H,11-12H2,(H,17,18);5H,1-4,6H2;. The molecule has 1 saturated carbocycles. The fourth-order valence-corrected chi connectivity index (χ4v) is 3.69. The van der Waals surface area contributed by atoms with E-state index in [4.69, 9.17) is 5.73 Å². The van der Waals surface area contributed by atoms with Gasteiger partial charge in [-0.25, -0.2) is 0 Å². The maximum absolute atomic E-state index is 5.53. The van der Waals surface area contributed by atoms with E-state index in [-0.39, 0.29) is 0 Å². The Hall–Kier alpha value is -1.77. The van der Waals surface area contributed by atoms with Gasteiger partial charge in [-0.1, -0.05) is 12.8 Å². The second kappa shape index (κ2) is 9.80. The van der Waals surface area contributed by atoms with Gasteiger partial charge in [-0.05, 0) is 12.8 Å². The monoisotopic (exact) mass is 529 g/mol. The summed E-state index contributed by atoms with van der Waals surface area (Å²) < 4.78 is 3.06. The average molecular weight is 530 g/mol. The fourth-order valence-electron chi connectivity index (χ4n) is 3.08. The van der Waals surface area contributed by atoms with Crippen LogP contribution in [0.3, 0.4) is 0 Å². The SMILES string of the molecule is NC1CCCC1.[Pt]=[c]1nc(Cc2ccccc2)[nH]n1Cc1ccccc1. The van der Waals surface area contributed by atoms with Crippen molar-refractivity contribution in [3.05, 3.63) is 81.4 Å². The van der Waals surface area contributed by atoms with Gasteiger partial charge in [-0.2, -0.15) is 0 Å². The van der Waals surface area contributed by atoms with Crippen molar-refractivity contribution in [3.8, 4) is 0 Å². The van der Waals surface area contributed by atoms with Gasteiger partial charge < -0.3 is 5.73 Å². The number of nitrogens with zero attached hydrogens (tertiary/aromatic N) is 2. The fraction of sp³-hybridized carbons (Fsp3) is 0.333. The van der Waals surface area contributed by atoms with Gasteiger partial charge in [0.05, 0.1) is 0 Å². The van der Waals surface area contributed by atoms with Gasteiger partial charge in [0.2, 0.25) is 0 Å². The van der Waals surface area contributed by atoms with Crippen LogP contribution in [0.2, 0.25) is 0 Å². The van der Waals surface area contributed by atoms with Crippen LogP contribution in [0.15, 0.2) is 60.7 Å². The first-order valence-electron chi connectivity index (χ1n) is 9.15. The number of aromatic nitrogens is 3. The third-order valence-electron chi connectivity index (χ3n) is 4.49. The molecule has 1 heterocycles. The number of H-pyrrole nitrogens is 1. The van der Waals surface area contributed by atoms with Crippen molar-refractivity contribution in [1.82, 2.24) is 14.8 Å². The summed E-state index contributed by atoms with van der Waals surface area (Å²) in [6.45, 7) is 0.821. The number of hydrogen-bond donors (Lipinski definition) is 2. The molecule has 140 valence electrons. The van der Waals surface area contributed by atoms with Crippen LogP contribution in [0.1, 0.15) is 42.6 Å². The molecule has 1 aliphatic rings. The summed E-state index contributed by atoms with van der Waals surface area (Å²) in [4.78, 5) is 4.60. The van der Waals surface area contributed by atoms with Crippen molar-refractivity contribution in [1.29, 1.82) is 0 Å². The number of benzene rings is 2. The molecular formula is C21H26N4Pt. The summed E-state index contributed by atoms with van der Waals surface area (Å²) in [6.07, 6.45) is 6.08. The van der Waals surface area contributed by atoms with Gasteiger partial charge in [-0.15, -0.1) is 0 Å². The molecule has 0 aliphatic heterocycles. The minimum atomic E-state index is 0.546. The third kappa shape index (κ3) is 5.89. The van der Waals surface area contributed by atoms with Gasteiger partial charge in [0.15, 0.2) is 0 Å². The van der Waals surface area contributed by atoms with E-state index in [0.29, 0.717) is 6.04 Å². The molecule has 0 saturated heterocycles. The van der Waals surface area contributed by atoms with E-state index in [9.17, 15) is 0 Å². The molecule has 2 aromatic carbocycles. The van der Waals surface area contributed by atoms with Crippen LogP contribution in [-0.4, -0.2) is 20.8 Å². The predicted molar refractivity (Wildman–Crippen MR) is 101 cm³/mol. The van der Waals surface area contributed by atoms with Gasteiger partial charge >= 0.3 is 129 Å². The van der Waals surface area contributed by atoms with Gasteiger partial charge in [0, 0.05) is 6.04 Å². The summed E-state index contributed by atoms with van der Waals surface area (Å²) in [5, 5.41) is 3.38. The normalized spacial score (nSPS) is 14.1. The van der Waals surface area contributed by atoms with Crippen molar-refractivity contribution in [2.45, 2.75) is 44.7 Å². The second-order valence-corrected chi connectivity index (χ2v) is 7.71. The quantitative estimate of drug-likeness (QED) is 0.540. The Balaban J connectivity index is 0.000000278. The Bertz CT molecular complexity index is 833. The molecule has 26 heavy (non-hydrogen) atoms. The van der Waals surface area contributed by atoms with Crippen LogP contribution in [0.5, 0.6) is 0 Å². The molecule has 1 aliphatic carbocycles. The van der Waals surface area contributed by atoms with E-state index < -0.39 is 0 Å². The summed E-state index contributed by atoms with van der Waals surface area (Å²) in [7, 11) is 0. The number of hydrogen-bond acceptors (Lipinski definition) is 2. The molecule has 0 atom stereocenters. The van der Waals surface area contributed by atoms with Crippen molar-refractivity contribution >= 4 is 0 Å². The van der Waals surface area contributed by atoms with Crippen molar-refractivity contribution < 1.29 is 19.4 Å². The van der Waals surface area contributed by atoms with Crippen molar-refractivity contribution in [2.75, 3.05) is 0 Å². The molecular weight excluding hydrogens is 503 g/mol. The number of nitrogens with two attached hydrogens (primary N) is 1. The first-order valence-corrected chi connectivity index (χ1v) is 10.3. The van der Waals surface area contributed by atoms with Crippen molar-refractivity contribution in [2.24, 2.45) is 5.73 Å². The molecule has 3 aromatic rings. The zero-order valence-electron chi connectivity index (χ0n) is 14.9. The van der Waals surface area contributed by atoms with Gasteiger partial charge in [0.1, 0.15) is 0 Å². The van der Waals surface area contributed by atoms with Crippen LogP contribution in [0.4, 0.5) is 0 Å². The number of aromatic amines is 1. The Kier molecular flexibility index (Phi) is 7.16. The molecule has 4 nitrogen and oxygen atoms in total. The van der Waals surface area contributed by atoms with E-state index >= 15 is 0 Å². The molecule has 1 fully saturated rings. The third-order valence-corrected chi connectivity index (χ3v) is 5.36. The summed E-state index contributed by atoms with van der Waals surface area (Å²) in [5.41, 5.74) is 8.07. The zero-order chi connectivity index (χ0) is 18.2. The molecule has 0 spiro atoms. The van der Waals surface area contributed by atoms with E-state index in [1.54, 1.807) is 0 Å². The molecule has 1 aromatic heterocycles. The molecule has 0 unspecified atom stereocenters. The van der Waals surface area contributed by atoms with Crippen LogP contribution in [0, 0.1) is 3.80 Å². The molecule has 0 amide bonds. The van der Waals surface area contributed by atoms with E-state index in [2.05, 4.69) is 82.6 Å². The van der Waals surface area contributed by atoms with Gasteiger partial charge in [0.25, 0.3) is 0 Å². The Morgan fingerprint density at radius 2 is 1.54 bits per heavy atom. The Morgan fingerprint density at radius 1 is 0.962 bits per heavy atom. The van der Waals surface area contributed by atoms with Crippen LogP contribution < -0.4 is 5.73 Å². The first kappa shape index (κ1) is 19.0. The van der Waals surface area contributed by atoms with Crippen LogP contribution in [-0.2, 0) is 32.3 Å². The second-order valence-electron chi connectivity index (χ2n) is 6.69. The van der Waals surface area contributed by atoms with E-state index in [1.165, 1.54) is 36.8 Å². The van der Waals surface area contributed by atoms with Gasteiger partial charge in [-0.3, -0.25) is 0 Å². The molecule has 3 N–H and O–H groups in total. The Labute approximate surface area is 165 Å². The minimum absolute atomic E-state index is 0.546. The molecule has 4 rings (SSSR count). The Morgan fingerprint density at radius 3 is 2.08 bits per heavy atom. The average Bonchev–Trinajstić information content (AvgIpc) is 3.26. The van der Waals surface area contributed by atoms with Crippen LogP contribution in [0.25, 0.3) is 0 Å². The first-order chi connectivity index (χ1) is 12.7. The molecule has 0 radical (unpaired) electrons. The maximum atomic E-state index is 5.53. The summed E-state index contributed by atoms with van der Waals surface area (Å²) in [5.74, 6) is 0.997. The van der Waals surface area contributed by atoms with Crippen molar-refractivity contribution in [3.63, 3.8) is 0 Å². The van der Waals surface area contributed by atoms with E-state index in [0.717, 1.165) is 22.6 Å². The number of rotatable bonds is 4. The molecule has 0 bridgehead atoms. The summed E-state index contributed by atoms with van der Waals surface area (Å²) >= 11 is 2.25. The van der Waals surface area contributed by atoms with E-state index in [1.807, 2.05) is 12.1 Å². The summed E-state index contributed by atoms with van der Waals surface area (Å²) in [6, 6.07) is 21.3. The van der Waals surface area contributed by atoms with Crippen LogP contribution >= 0.6 is 0 Å². The molecule has 5 heteroatoms. The number of nitrogens with one attached hydrogen (secondary N) is 1. The predicted octanol–water partition coefficient (Wildman–Crippen LogP) is 3.82. The topological polar surface area (TPSA) is 59.6 Å².